The molecule has 2 aliphatic carbocycles. The van der Waals surface area contributed by atoms with Gasteiger partial charge in [0.2, 0.25) is 0 Å². The smallest absolute Gasteiger partial charge is 0.0419 e. The molecule has 0 spiro atoms. The number of hydrogen-bond donors (Lipinski definition) is 0. The Kier molecular flexibility index (Phi) is 10.1. The van der Waals surface area contributed by atoms with Crippen LogP contribution in [0.15, 0.2) is 145 Å². The average molecular weight is 779 g/mol. The van der Waals surface area contributed by atoms with Gasteiger partial charge in [0, 0.05) is 44.6 Å². The van der Waals surface area contributed by atoms with Crippen LogP contribution in [0, 0.1) is 23.7 Å². The van der Waals surface area contributed by atoms with Crippen molar-refractivity contribution in [3.8, 4) is 23.7 Å². The Morgan fingerprint density at radius 1 is 0.300 bits per heavy atom. The molecule has 0 heteroatoms. The second-order valence-corrected chi connectivity index (χ2v) is 20.8. The minimum absolute atomic E-state index is 0.0698. The van der Waals surface area contributed by atoms with Gasteiger partial charge in [-0.3, -0.25) is 0 Å². The molecular formula is C60H58. The van der Waals surface area contributed by atoms with Crippen molar-refractivity contribution < 1.29 is 0 Å². The Bertz CT molecular complexity index is 2840. The third kappa shape index (κ3) is 7.85. The minimum Gasteiger partial charge on any atom is -0.0622 e. The molecule has 0 saturated heterocycles. The molecule has 6 aromatic rings. The van der Waals surface area contributed by atoms with Crippen LogP contribution in [0.4, 0.5) is 0 Å². The van der Waals surface area contributed by atoms with Crippen molar-refractivity contribution in [3.05, 3.63) is 200 Å². The predicted octanol–water partition coefficient (Wildman–Crippen LogP) is 15.3. The lowest BCUT2D eigenvalue weighted by molar-refractivity contribution is 0.567. The molecular weight excluding hydrogens is 721 g/mol. The summed E-state index contributed by atoms with van der Waals surface area (Å²) >= 11 is 0. The first-order valence-electron chi connectivity index (χ1n) is 21.5. The van der Waals surface area contributed by atoms with E-state index in [9.17, 15) is 0 Å². The summed E-state index contributed by atoms with van der Waals surface area (Å²) in [6.45, 7) is 27.9. The zero-order valence-corrected chi connectivity index (χ0v) is 37.7. The quantitative estimate of drug-likeness (QED) is 0.154. The second-order valence-electron chi connectivity index (χ2n) is 20.8. The maximum Gasteiger partial charge on any atom is 0.0419 e. The van der Waals surface area contributed by atoms with E-state index in [0.717, 1.165) is 27.8 Å². The molecule has 0 aliphatic heterocycles. The number of fused-ring (bicyclic) bond motifs is 4. The van der Waals surface area contributed by atoms with E-state index in [0.29, 0.717) is 0 Å². The highest BCUT2D eigenvalue weighted by molar-refractivity contribution is 6.30. The van der Waals surface area contributed by atoms with Crippen molar-refractivity contribution in [1.82, 2.24) is 0 Å². The van der Waals surface area contributed by atoms with Gasteiger partial charge in [0.25, 0.3) is 0 Å². The summed E-state index contributed by atoms with van der Waals surface area (Å²) in [4.78, 5) is 0. The summed E-state index contributed by atoms with van der Waals surface area (Å²) in [7, 11) is 0. The molecule has 0 radical (unpaired) electrons. The van der Waals surface area contributed by atoms with Gasteiger partial charge in [0.1, 0.15) is 0 Å². The first-order chi connectivity index (χ1) is 28.3. The largest absolute Gasteiger partial charge is 0.0622 e. The third-order valence-electron chi connectivity index (χ3n) is 12.0. The zero-order valence-electron chi connectivity index (χ0n) is 37.7. The Morgan fingerprint density at radius 2 is 0.667 bits per heavy atom. The summed E-state index contributed by atoms with van der Waals surface area (Å²) in [5, 5.41) is 2.43. The zero-order chi connectivity index (χ0) is 42.8. The predicted molar refractivity (Wildman–Crippen MR) is 259 cm³/mol. The van der Waals surface area contributed by atoms with Crippen LogP contribution in [-0.2, 0) is 21.7 Å². The molecule has 0 aromatic heterocycles. The van der Waals surface area contributed by atoms with Gasteiger partial charge in [0.05, 0.1) is 0 Å². The highest BCUT2D eigenvalue weighted by Gasteiger charge is 2.40. The Balaban J connectivity index is 1.61. The van der Waals surface area contributed by atoms with Crippen LogP contribution < -0.4 is 0 Å². The van der Waals surface area contributed by atoms with Crippen molar-refractivity contribution in [2.45, 2.75) is 105 Å². The molecule has 0 N–H and O–H groups in total. The van der Waals surface area contributed by atoms with Gasteiger partial charge in [0.15, 0.2) is 0 Å². The van der Waals surface area contributed by atoms with E-state index in [1.54, 1.807) is 0 Å². The van der Waals surface area contributed by atoms with Crippen LogP contribution in [0.25, 0.3) is 33.1 Å². The molecule has 0 unspecified atom stereocenters. The molecule has 0 amide bonds. The third-order valence-corrected chi connectivity index (χ3v) is 12.0. The van der Waals surface area contributed by atoms with Crippen molar-refractivity contribution in [1.29, 1.82) is 0 Å². The molecule has 6 aromatic carbocycles. The van der Waals surface area contributed by atoms with Gasteiger partial charge < -0.3 is 0 Å². The molecule has 8 rings (SSSR count). The van der Waals surface area contributed by atoms with E-state index in [4.69, 9.17) is 0 Å². The first kappa shape index (κ1) is 40.7. The van der Waals surface area contributed by atoms with Gasteiger partial charge in [-0.1, -0.05) is 204 Å². The summed E-state index contributed by atoms with van der Waals surface area (Å²) < 4.78 is 0. The van der Waals surface area contributed by atoms with Crippen molar-refractivity contribution >= 4 is 33.1 Å². The van der Waals surface area contributed by atoms with Crippen LogP contribution in [-0.4, -0.2) is 0 Å². The highest BCUT2D eigenvalue weighted by atomic mass is 14.4. The van der Waals surface area contributed by atoms with E-state index >= 15 is 0 Å². The summed E-state index contributed by atoms with van der Waals surface area (Å²) in [6, 6.07) is 49.0. The lowest BCUT2D eigenvalue weighted by Crippen LogP contribution is -2.17. The van der Waals surface area contributed by atoms with Gasteiger partial charge in [-0.15, -0.1) is 0 Å². The van der Waals surface area contributed by atoms with Crippen LogP contribution in [0.3, 0.4) is 0 Å². The average Bonchev–Trinajstić information content (AvgIpc) is 3.68. The number of rotatable bonds is 2. The normalized spacial score (nSPS) is 14.2. The van der Waals surface area contributed by atoms with Crippen LogP contribution in [0.5, 0.6) is 0 Å². The molecule has 0 fully saturated rings. The van der Waals surface area contributed by atoms with Gasteiger partial charge >= 0.3 is 0 Å². The van der Waals surface area contributed by atoms with E-state index in [-0.39, 0.29) is 21.7 Å². The molecule has 298 valence electrons. The van der Waals surface area contributed by atoms with Crippen molar-refractivity contribution in [3.63, 3.8) is 0 Å². The van der Waals surface area contributed by atoms with Crippen LogP contribution in [0.1, 0.15) is 139 Å². The van der Waals surface area contributed by atoms with E-state index < -0.39 is 0 Å². The first-order valence-corrected chi connectivity index (χ1v) is 21.5. The van der Waals surface area contributed by atoms with E-state index in [1.165, 1.54) is 72.0 Å². The molecule has 0 atom stereocenters. The van der Waals surface area contributed by atoms with Crippen molar-refractivity contribution in [2.24, 2.45) is 0 Å². The Morgan fingerprint density at radius 3 is 1.08 bits per heavy atom. The number of hydrogen-bond acceptors (Lipinski definition) is 0. The highest BCUT2D eigenvalue weighted by Crippen LogP contribution is 2.59. The summed E-state index contributed by atoms with van der Waals surface area (Å²) in [5.74, 6) is 15.0. The SMILES string of the molecule is CC(C)(C)c1cc(C2=C(C#Cc3ccccc3)C(c3cc(C(C)(C)C)cc(C(C)(C)C)c3)=C3C2=C(C#Cc2ccccc2)c2cc4ccccc4cc23)cc(C(C)(C)C)c1. The Labute approximate surface area is 360 Å². The maximum absolute atomic E-state index is 3.91. The fraction of sp³-hybridized carbons (Fsp3) is 0.267. The fourth-order valence-electron chi connectivity index (χ4n) is 8.35. The maximum atomic E-state index is 3.91. The molecule has 2 aliphatic rings. The molecule has 0 saturated carbocycles. The van der Waals surface area contributed by atoms with Gasteiger partial charge in [-0.05, 0) is 113 Å². The molecule has 0 bridgehead atoms. The van der Waals surface area contributed by atoms with Gasteiger partial charge in [-0.2, -0.15) is 0 Å². The fourth-order valence-corrected chi connectivity index (χ4v) is 8.35. The summed E-state index contributed by atoms with van der Waals surface area (Å²) in [5.41, 5.74) is 18.6. The van der Waals surface area contributed by atoms with E-state index in [1.807, 2.05) is 0 Å². The van der Waals surface area contributed by atoms with Crippen LogP contribution >= 0.6 is 0 Å². The van der Waals surface area contributed by atoms with Gasteiger partial charge in [-0.25, -0.2) is 0 Å². The van der Waals surface area contributed by atoms with Crippen molar-refractivity contribution in [2.75, 3.05) is 0 Å². The number of benzene rings is 6. The lowest BCUT2D eigenvalue weighted by Gasteiger charge is -2.27. The van der Waals surface area contributed by atoms with E-state index in [2.05, 4.69) is 240 Å². The van der Waals surface area contributed by atoms with Crippen LogP contribution in [0.2, 0.25) is 0 Å². The topological polar surface area (TPSA) is 0 Å². The summed E-state index contributed by atoms with van der Waals surface area (Å²) in [6.07, 6.45) is 0. The molecule has 0 nitrogen and oxygen atoms in total. The number of allylic oxidation sites excluding steroid dienone is 6. The minimum atomic E-state index is -0.0759. The molecule has 0 heterocycles. The lowest BCUT2D eigenvalue weighted by atomic mass is 9.77. The monoisotopic (exact) mass is 778 g/mol. The Hall–Kier alpha value is -6.08. The molecule has 60 heavy (non-hydrogen) atoms. The standard InChI is InChI=1S/C60H58/c1-57(2,3)45-31-43(32-46(37-45)58(4,5)6)53-50(30-28-40-23-17-14-18-24-40)54(44-33-47(59(7,8)9)38-48(34-44)60(10,11)12)56-52-36-42-26-20-19-25-41(42)35-51(52)49(55(53)56)29-27-39-21-15-13-16-22-39/h13-26,31-38H,1-12H3. The second kappa shape index (κ2) is 14.9.